The van der Waals surface area contributed by atoms with E-state index in [4.69, 9.17) is 20.2 Å². The van der Waals surface area contributed by atoms with E-state index >= 15 is 0 Å². The van der Waals surface area contributed by atoms with Gasteiger partial charge in [0.05, 0.1) is 12.7 Å². The fourth-order valence-electron chi connectivity index (χ4n) is 1.52. The molecular formula is C8H9ClN2O5S. The Hall–Kier alpha value is -1.28. The van der Waals surface area contributed by atoms with E-state index in [1.54, 1.807) is 0 Å². The van der Waals surface area contributed by atoms with Crippen molar-refractivity contribution in [1.29, 1.82) is 0 Å². The van der Waals surface area contributed by atoms with Gasteiger partial charge < -0.3 is 9.47 Å². The average molecular weight is 281 g/mol. The van der Waals surface area contributed by atoms with Crippen LogP contribution in [-0.2, 0) is 25.1 Å². The van der Waals surface area contributed by atoms with Crippen LogP contribution in [0.5, 0.6) is 5.88 Å². The molecule has 17 heavy (non-hydrogen) atoms. The Morgan fingerprint density at radius 2 is 2.41 bits per heavy atom. The Morgan fingerprint density at radius 1 is 1.71 bits per heavy atom. The van der Waals surface area contributed by atoms with Gasteiger partial charge in [-0.2, -0.15) is 5.10 Å². The van der Waals surface area contributed by atoms with Crippen LogP contribution in [0.1, 0.15) is 6.92 Å². The van der Waals surface area contributed by atoms with Crippen LogP contribution in [0.4, 0.5) is 0 Å². The van der Waals surface area contributed by atoms with Crippen LogP contribution in [-0.4, -0.2) is 36.9 Å². The standard InChI is InChI=1S/C8H9ClN2O5S/c1-5(12)16-6-3-11-8(15-4-6)7(2-10-11)17(9,13)14/h2,6H,3-4H2,1H3/t6-/m1/s1. The minimum Gasteiger partial charge on any atom is -0.473 e. The highest BCUT2D eigenvalue weighted by atomic mass is 35.7. The first-order valence-corrected chi connectivity index (χ1v) is 6.99. The van der Waals surface area contributed by atoms with E-state index in [1.807, 2.05) is 0 Å². The summed E-state index contributed by atoms with van der Waals surface area (Å²) in [6.45, 7) is 1.60. The van der Waals surface area contributed by atoms with Crippen LogP contribution >= 0.6 is 10.7 Å². The molecule has 9 heteroatoms. The summed E-state index contributed by atoms with van der Waals surface area (Å²) in [5, 5.41) is 3.82. The normalized spacial score (nSPS) is 19.3. The second-order valence-electron chi connectivity index (χ2n) is 3.48. The molecule has 1 atom stereocenters. The van der Waals surface area contributed by atoms with E-state index in [-0.39, 0.29) is 23.9 Å². The number of esters is 1. The molecule has 0 unspecified atom stereocenters. The Kier molecular flexibility index (Phi) is 3.00. The van der Waals surface area contributed by atoms with Crippen LogP contribution in [0.15, 0.2) is 11.1 Å². The van der Waals surface area contributed by atoms with Gasteiger partial charge in [0.1, 0.15) is 6.61 Å². The molecule has 0 bridgehead atoms. The van der Waals surface area contributed by atoms with Gasteiger partial charge in [0.2, 0.25) is 5.88 Å². The Balaban J connectivity index is 2.25. The molecule has 0 saturated carbocycles. The highest BCUT2D eigenvalue weighted by Crippen LogP contribution is 2.29. The zero-order chi connectivity index (χ0) is 12.6. The maximum atomic E-state index is 11.2. The van der Waals surface area contributed by atoms with Crippen LogP contribution in [0, 0.1) is 0 Å². The minimum absolute atomic E-state index is 0.0726. The lowest BCUT2D eigenvalue weighted by Gasteiger charge is -2.23. The third-order valence-electron chi connectivity index (χ3n) is 2.14. The van der Waals surface area contributed by atoms with Crippen molar-refractivity contribution >= 4 is 25.7 Å². The summed E-state index contributed by atoms with van der Waals surface area (Å²) in [4.78, 5) is 10.6. The lowest BCUT2D eigenvalue weighted by Crippen LogP contribution is -2.34. The number of carbonyl (C=O) groups is 1. The smallest absolute Gasteiger partial charge is 0.303 e. The van der Waals surface area contributed by atoms with Crippen LogP contribution in [0.25, 0.3) is 0 Å². The summed E-state index contributed by atoms with van der Waals surface area (Å²) >= 11 is 0. The summed E-state index contributed by atoms with van der Waals surface area (Å²) in [5.41, 5.74) is 0. The molecule has 1 aromatic heterocycles. The number of carbonyl (C=O) groups excluding carboxylic acids is 1. The summed E-state index contributed by atoms with van der Waals surface area (Å²) < 4.78 is 33.8. The van der Waals surface area contributed by atoms with Gasteiger partial charge in [0.15, 0.2) is 11.0 Å². The van der Waals surface area contributed by atoms with Gasteiger partial charge in [-0.05, 0) is 0 Å². The van der Waals surface area contributed by atoms with Crippen molar-refractivity contribution in [2.75, 3.05) is 6.61 Å². The van der Waals surface area contributed by atoms with Crippen LogP contribution in [0.3, 0.4) is 0 Å². The fraction of sp³-hybridized carbons (Fsp3) is 0.500. The maximum absolute atomic E-state index is 11.2. The Labute approximate surface area is 102 Å². The largest absolute Gasteiger partial charge is 0.473 e. The number of halogens is 1. The molecular weight excluding hydrogens is 272 g/mol. The van der Waals surface area contributed by atoms with Gasteiger partial charge in [0.25, 0.3) is 9.05 Å². The van der Waals surface area contributed by atoms with Gasteiger partial charge in [-0.25, -0.2) is 13.1 Å². The first-order chi connectivity index (χ1) is 7.88. The number of hydrogen-bond acceptors (Lipinski definition) is 6. The quantitative estimate of drug-likeness (QED) is 0.565. The van der Waals surface area contributed by atoms with Crippen molar-refractivity contribution in [1.82, 2.24) is 9.78 Å². The van der Waals surface area contributed by atoms with E-state index in [9.17, 15) is 13.2 Å². The fourth-order valence-corrected chi connectivity index (χ4v) is 2.39. The Bertz CT molecular complexity index is 552. The molecule has 0 spiro atoms. The number of nitrogens with zero attached hydrogens (tertiary/aromatic N) is 2. The zero-order valence-electron chi connectivity index (χ0n) is 8.79. The third kappa shape index (κ3) is 2.52. The Morgan fingerprint density at radius 3 is 3.00 bits per heavy atom. The molecule has 0 saturated heterocycles. The van der Waals surface area contributed by atoms with Gasteiger partial charge in [-0.15, -0.1) is 0 Å². The van der Waals surface area contributed by atoms with E-state index in [1.165, 1.54) is 11.6 Å². The number of ether oxygens (including phenoxy) is 2. The molecule has 0 fully saturated rings. The summed E-state index contributed by atoms with van der Waals surface area (Å²) in [6.07, 6.45) is 0.624. The van der Waals surface area contributed by atoms with Crippen molar-refractivity contribution in [2.45, 2.75) is 24.5 Å². The minimum atomic E-state index is -3.89. The van der Waals surface area contributed by atoms with E-state index in [0.29, 0.717) is 0 Å². The average Bonchev–Trinajstić information content (AvgIpc) is 2.58. The first-order valence-electron chi connectivity index (χ1n) is 4.68. The topological polar surface area (TPSA) is 87.5 Å². The van der Waals surface area contributed by atoms with Crippen molar-refractivity contribution in [3.63, 3.8) is 0 Å². The molecule has 1 aromatic rings. The molecule has 0 amide bonds. The van der Waals surface area contributed by atoms with Crippen LogP contribution in [0.2, 0.25) is 0 Å². The van der Waals surface area contributed by atoms with Crippen molar-refractivity contribution < 1.29 is 22.7 Å². The highest BCUT2D eigenvalue weighted by molar-refractivity contribution is 8.13. The maximum Gasteiger partial charge on any atom is 0.303 e. The van der Waals surface area contributed by atoms with Gasteiger partial charge in [-0.1, -0.05) is 0 Å². The molecule has 7 nitrogen and oxygen atoms in total. The van der Waals surface area contributed by atoms with Gasteiger partial charge in [0, 0.05) is 17.6 Å². The second kappa shape index (κ2) is 4.19. The molecule has 0 radical (unpaired) electrons. The molecule has 0 N–H and O–H groups in total. The summed E-state index contributed by atoms with van der Waals surface area (Å²) in [7, 11) is 1.33. The number of aromatic nitrogens is 2. The van der Waals surface area contributed by atoms with E-state index in [0.717, 1.165) is 6.20 Å². The second-order valence-corrected chi connectivity index (χ2v) is 6.01. The predicted molar refractivity (Wildman–Crippen MR) is 56.3 cm³/mol. The first kappa shape index (κ1) is 12.2. The number of fused-ring (bicyclic) bond motifs is 1. The van der Waals surface area contributed by atoms with Crippen molar-refractivity contribution in [3.05, 3.63) is 6.20 Å². The molecule has 1 aliphatic rings. The summed E-state index contributed by atoms with van der Waals surface area (Å²) in [6, 6.07) is 0. The molecule has 2 rings (SSSR count). The highest BCUT2D eigenvalue weighted by Gasteiger charge is 2.29. The monoisotopic (exact) mass is 280 g/mol. The van der Waals surface area contributed by atoms with Crippen molar-refractivity contribution in [2.24, 2.45) is 0 Å². The van der Waals surface area contributed by atoms with Gasteiger partial charge >= 0.3 is 5.97 Å². The summed E-state index contributed by atoms with van der Waals surface area (Å²) in [5.74, 6) is -0.359. The molecule has 2 heterocycles. The molecule has 0 aromatic carbocycles. The molecule has 1 aliphatic heterocycles. The zero-order valence-corrected chi connectivity index (χ0v) is 10.4. The van der Waals surface area contributed by atoms with E-state index in [2.05, 4.69) is 5.10 Å². The third-order valence-corrected chi connectivity index (χ3v) is 3.44. The molecule has 94 valence electrons. The lowest BCUT2D eigenvalue weighted by atomic mass is 10.3. The van der Waals surface area contributed by atoms with Crippen molar-refractivity contribution in [3.8, 4) is 5.88 Å². The van der Waals surface area contributed by atoms with E-state index < -0.39 is 21.1 Å². The predicted octanol–water partition coefficient (Wildman–Crippen LogP) is 0.135. The number of hydrogen-bond donors (Lipinski definition) is 0. The lowest BCUT2D eigenvalue weighted by molar-refractivity contribution is -0.150. The number of rotatable bonds is 2. The van der Waals surface area contributed by atoms with Crippen LogP contribution < -0.4 is 4.74 Å². The SMILES string of the molecule is CC(=O)O[C@H]1COc2c(S(=O)(=O)Cl)cnn2C1. The molecule has 0 aliphatic carbocycles. The van der Waals surface area contributed by atoms with Gasteiger partial charge in [-0.3, -0.25) is 4.79 Å².